The zero-order valence-corrected chi connectivity index (χ0v) is 15.1. The quantitative estimate of drug-likeness (QED) is 0.576. The predicted molar refractivity (Wildman–Crippen MR) is 97.8 cm³/mol. The zero-order valence-electron chi connectivity index (χ0n) is 13.5. The van der Waals surface area contributed by atoms with Crippen LogP contribution in [0.1, 0.15) is 17.0 Å². The molecule has 0 N–H and O–H groups in total. The largest absolute Gasteiger partial charge is 0.459 e. The molecule has 6 heteroatoms. The van der Waals surface area contributed by atoms with E-state index < -0.39 is 0 Å². The maximum atomic E-state index is 12.2. The maximum absolute atomic E-state index is 12.2. The minimum absolute atomic E-state index is 0.00562. The highest BCUT2D eigenvalue weighted by molar-refractivity contribution is 7.99. The number of hydrogen-bond acceptors (Lipinski definition) is 4. The molecule has 0 unspecified atom stereocenters. The molecule has 2 aromatic rings. The Bertz CT molecular complexity index is 655. The van der Waals surface area contributed by atoms with Crippen molar-refractivity contribution in [1.82, 2.24) is 9.80 Å². The number of nitrogens with zero attached hydrogens (tertiary/aromatic N) is 2. The van der Waals surface area contributed by atoms with Crippen LogP contribution in [0.5, 0.6) is 0 Å². The van der Waals surface area contributed by atoms with Gasteiger partial charge in [0.25, 0.3) is 5.91 Å². The van der Waals surface area contributed by atoms with Crippen LogP contribution >= 0.6 is 23.4 Å². The number of rotatable bonds is 6. The first kappa shape index (κ1) is 17.4. The van der Waals surface area contributed by atoms with Crippen LogP contribution in [-0.4, -0.2) is 54.2 Å². The molecule has 2 heterocycles. The van der Waals surface area contributed by atoms with Crippen LogP contribution in [0.3, 0.4) is 0 Å². The Morgan fingerprint density at radius 3 is 2.62 bits per heavy atom. The van der Waals surface area contributed by atoms with Gasteiger partial charge in [0.1, 0.15) is 0 Å². The van der Waals surface area contributed by atoms with Gasteiger partial charge in [-0.15, -0.1) is 11.8 Å². The fraction of sp³-hybridized carbons (Fsp3) is 0.389. The van der Waals surface area contributed by atoms with Gasteiger partial charge in [0.15, 0.2) is 5.76 Å². The topological polar surface area (TPSA) is 36.7 Å². The lowest BCUT2D eigenvalue weighted by Gasteiger charge is -2.34. The van der Waals surface area contributed by atoms with Crippen molar-refractivity contribution in [2.24, 2.45) is 0 Å². The number of thioether (sulfide) groups is 1. The number of benzene rings is 1. The minimum atomic E-state index is -0.00562. The molecule has 1 aromatic carbocycles. The minimum Gasteiger partial charge on any atom is -0.459 e. The first-order chi connectivity index (χ1) is 11.7. The van der Waals surface area contributed by atoms with E-state index >= 15 is 0 Å². The second kappa shape index (κ2) is 8.60. The molecule has 128 valence electrons. The van der Waals surface area contributed by atoms with E-state index in [-0.39, 0.29) is 5.91 Å². The first-order valence-corrected chi connectivity index (χ1v) is 9.53. The van der Waals surface area contributed by atoms with Gasteiger partial charge >= 0.3 is 0 Å². The fourth-order valence-corrected chi connectivity index (χ4v) is 3.94. The second-order valence-corrected chi connectivity index (χ2v) is 7.29. The summed E-state index contributed by atoms with van der Waals surface area (Å²) in [7, 11) is 0. The highest BCUT2D eigenvalue weighted by atomic mass is 35.5. The third kappa shape index (κ3) is 4.56. The van der Waals surface area contributed by atoms with Gasteiger partial charge in [-0.2, -0.15) is 0 Å². The third-order valence-electron chi connectivity index (χ3n) is 4.10. The highest BCUT2D eigenvalue weighted by Gasteiger charge is 2.23. The van der Waals surface area contributed by atoms with Crippen molar-refractivity contribution in [3.05, 3.63) is 53.4 Å². The molecule has 1 aliphatic rings. The average Bonchev–Trinajstić information content (AvgIpc) is 3.15. The van der Waals surface area contributed by atoms with E-state index in [1.165, 1.54) is 0 Å². The number of amides is 1. The summed E-state index contributed by atoms with van der Waals surface area (Å²) in [5.74, 6) is 1.48. The van der Waals surface area contributed by atoms with Crippen LogP contribution in [0.4, 0.5) is 0 Å². The lowest BCUT2D eigenvalue weighted by Crippen LogP contribution is -2.48. The van der Waals surface area contributed by atoms with Gasteiger partial charge in [-0.3, -0.25) is 9.69 Å². The second-order valence-electron chi connectivity index (χ2n) is 5.74. The molecule has 1 fully saturated rings. The summed E-state index contributed by atoms with van der Waals surface area (Å²) in [5, 5.41) is 0.826. The van der Waals surface area contributed by atoms with E-state index in [0.29, 0.717) is 5.76 Å². The van der Waals surface area contributed by atoms with Crippen molar-refractivity contribution in [2.75, 3.05) is 38.5 Å². The molecule has 1 amide bonds. The Hall–Kier alpha value is -1.43. The van der Waals surface area contributed by atoms with Gasteiger partial charge in [0, 0.05) is 31.1 Å². The summed E-state index contributed by atoms with van der Waals surface area (Å²) >= 11 is 7.97. The van der Waals surface area contributed by atoms with Crippen molar-refractivity contribution in [2.45, 2.75) is 11.3 Å². The molecular formula is C18H21ClN2O2S. The predicted octanol–water partition coefficient (Wildman–Crippen LogP) is 3.87. The molecule has 1 aromatic heterocycles. The molecule has 0 spiro atoms. The molecule has 0 bridgehead atoms. The molecule has 3 rings (SSSR count). The van der Waals surface area contributed by atoms with Gasteiger partial charge in [-0.25, -0.2) is 0 Å². The van der Waals surface area contributed by atoms with Crippen LogP contribution < -0.4 is 0 Å². The van der Waals surface area contributed by atoms with Crippen molar-refractivity contribution < 1.29 is 9.21 Å². The van der Waals surface area contributed by atoms with E-state index in [2.05, 4.69) is 11.0 Å². The van der Waals surface area contributed by atoms with E-state index in [1.807, 2.05) is 23.1 Å². The van der Waals surface area contributed by atoms with Crippen LogP contribution in [0.15, 0.2) is 52.0 Å². The van der Waals surface area contributed by atoms with Gasteiger partial charge in [-0.1, -0.05) is 23.7 Å². The summed E-state index contributed by atoms with van der Waals surface area (Å²) < 4.78 is 5.19. The SMILES string of the molecule is O=C(c1ccco1)N1CCN(CCCSc2ccccc2Cl)CC1. The molecule has 1 aliphatic heterocycles. The Morgan fingerprint density at radius 1 is 1.12 bits per heavy atom. The molecule has 0 radical (unpaired) electrons. The molecule has 4 nitrogen and oxygen atoms in total. The normalized spacial score (nSPS) is 15.6. The summed E-state index contributed by atoms with van der Waals surface area (Å²) in [6.07, 6.45) is 2.65. The van der Waals surface area contributed by atoms with Gasteiger partial charge < -0.3 is 9.32 Å². The van der Waals surface area contributed by atoms with Crippen LogP contribution in [0.25, 0.3) is 0 Å². The Labute approximate surface area is 151 Å². The number of piperazine rings is 1. The van der Waals surface area contributed by atoms with Crippen LogP contribution in [-0.2, 0) is 0 Å². The Kier molecular flexibility index (Phi) is 6.24. The number of furan rings is 1. The van der Waals surface area contributed by atoms with Crippen molar-refractivity contribution in [3.63, 3.8) is 0 Å². The fourth-order valence-electron chi connectivity index (χ4n) is 2.76. The lowest BCUT2D eigenvalue weighted by atomic mass is 10.2. The summed E-state index contributed by atoms with van der Waals surface area (Å²) in [5.41, 5.74) is 0. The highest BCUT2D eigenvalue weighted by Crippen LogP contribution is 2.27. The summed E-state index contributed by atoms with van der Waals surface area (Å²) in [4.78, 5) is 17.6. The van der Waals surface area contributed by atoms with Crippen molar-refractivity contribution in [3.8, 4) is 0 Å². The number of carbonyl (C=O) groups excluding carboxylic acids is 1. The number of carbonyl (C=O) groups is 1. The average molecular weight is 365 g/mol. The van der Waals surface area contributed by atoms with E-state index in [4.69, 9.17) is 16.0 Å². The Balaban J connectivity index is 1.35. The zero-order chi connectivity index (χ0) is 16.8. The molecular weight excluding hydrogens is 344 g/mol. The summed E-state index contributed by atoms with van der Waals surface area (Å²) in [6, 6.07) is 11.4. The smallest absolute Gasteiger partial charge is 0.289 e. The van der Waals surface area contributed by atoms with Gasteiger partial charge in [0.05, 0.1) is 11.3 Å². The maximum Gasteiger partial charge on any atom is 0.289 e. The van der Waals surface area contributed by atoms with Gasteiger partial charge in [-0.05, 0) is 43.0 Å². The van der Waals surface area contributed by atoms with E-state index in [0.717, 1.165) is 54.8 Å². The van der Waals surface area contributed by atoms with Crippen LogP contribution in [0, 0.1) is 0 Å². The third-order valence-corrected chi connectivity index (χ3v) is 5.71. The molecule has 0 aliphatic carbocycles. The molecule has 24 heavy (non-hydrogen) atoms. The van der Waals surface area contributed by atoms with E-state index in [9.17, 15) is 4.79 Å². The monoisotopic (exact) mass is 364 g/mol. The molecule has 1 saturated heterocycles. The van der Waals surface area contributed by atoms with Crippen molar-refractivity contribution in [1.29, 1.82) is 0 Å². The van der Waals surface area contributed by atoms with Crippen molar-refractivity contribution >= 4 is 29.3 Å². The van der Waals surface area contributed by atoms with Gasteiger partial charge in [0.2, 0.25) is 0 Å². The Morgan fingerprint density at radius 2 is 1.92 bits per heavy atom. The summed E-state index contributed by atoms with van der Waals surface area (Å²) in [6.45, 7) is 4.42. The number of hydrogen-bond donors (Lipinski definition) is 0. The van der Waals surface area contributed by atoms with Crippen LogP contribution in [0.2, 0.25) is 5.02 Å². The molecule has 0 atom stereocenters. The van der Waals surface area contributed by atoms with E-state index in [1.54, 1.807) is 30.2 Å². The lowest BCUT2D eigenvalue weighted by molar-refractivity contribution is 0.0607. The standard InChI is InChI=1S/C18H21ClN2O2S/c19-15-5-1-2-7-17(15)24-14-4-8-20-9-11-21(12-10-20)18(22)16-6-3-13-23-16/h1-3,5-7,13H,4,8-12,14H2. The molecule has 0 saturated carbocycles. The first-order valence-electron chi connectivity index (χ1n) is 8.16. The number of halogens is 1.